The lowest BCUT2D eigenvalue weighted by Crippen LogP contribution is -2.20. The predicted octanol–water partition coefficient (Wildman–Crippen LogP) is 3.56. The lowest BCUT2D eigenvalue weighted by atomic mass is 9.79. The second-order valence-corrected chi connectivity index (χ2v) is 5.68. The predicted molar refractivity (Wildman–Crippen MR) is 69.8 cm³/mol. The summed E-state index contributed by atoms with van der Waals surface area (Å²) in [5.41, 5.74) is 3.17. The zero-order chi connectivity index (χ0) is 12.4. The number of rotatable bonds is 2. The quantitative estimate of drug-likeness (QED) is 0.847. The number of hydrogen-bond donors (Lipinski definition) is 1. The first-order valence-corrected chi connectivity index (χ1v) is 6.69. The van der Waals surface area contributed by atoms with E-state index in [-0.39, 0.29) is 6.10 Å². The van der Waals surface area contributed by atoms with E-state index in [1.807, 2.05) is 20.0 Å². The Bertz CT molecular complexity index is 381. The van der Waals surface area contributed by atoms with E-state index in [1.54, 1.807) is 0 Å². The zero-order valence-electron chi connectivity index (χ0n) is 11.1. The van der Waals surface area contributed by atoms with Crippen molar-refractivity contribution in [2.24, 2.45) is 11.8 Å². The smallest absolute Gasteiger partial charge is 0.0990 e. The fraction of sp³-hybridized carbons (Fsp3) is 0.667. The highest BCUT2D eigenvalue weighted by Gasteiger charge is 2.27. The minimum atomic E-state index is -0.372. The van der Waals surface area contributed by atoms with Crippen molar-refractivity contribution in [3.8, 4) is 0 Å². The summed E-state index contributed by atoms with van der Waals surface area (Å²) in [6, 6.07) is 2.11. The molecule has 0 aromatic carbocycles. The molecule has 1 unspecified atom stereocenters. The maximum atomic E-state index is 10.4. The Hall–Kier alpha value is -0.890. The van der Waals surface area contributed by atoms with Gasteiger partial charge >= 0.3 is 0 Å². The van der Waals surface area contributed by atoms with E-state index in [4.69, 9.17) is 0 Å². The van der Waals surface area contributed by atoms with Crippen LogP contribution in [0.15, 0.2) is 12.3 Å². The summed E-state index contributed by atoms with van der Waals surface area (Å²) in [7, 11) is 0. The van der Waals surface area contributed by atoms with Crippen molar-refractivity contribution in [2.45, 2.75) is 52.6 Å². The number of pyridine rings is 1. The van der Waals surface area contributed by atoms with Gasteiger partial charge in [-0.15, -0.1) is 0 Å². The molecule has 0 spiro atoms. The van der Waals surface area contributed by atoms with Crippen LogP contribution in [0.5, 0.6) is 0 Å². The van der Waals surface area contributed by atoms with Gasteiger partial charge in [0.1, 0.15) is 0 Å². The lowest BCUT2D eigenvalue weighted by molar-refractivity contribution is 0.0716. The highest BCUT2D eigenvalue weighted by atomic mass is 16.3. The Morgan fingerprint density at radius 1 is 1.24 bits per heavy atom. The van der Waals surface area contributed by atoms with Crippen molar-refractivity contribution in [1.29, 1.82) is 0 Å². The molecule has 17 heavy (non-hydrogen) atoms. The Morgan fingerprint density at radius 3 is 2.47 bits per heavy atom. The van der Waals surface area contributed by atoms with Gasteiger partial charge in [0.2, 0.25) is 0 Å². The van der Waals surface area contributed by atoms with Crippen LogP contribution < -0.4 is 0 Å². The number of nitrogens with zero attached hydrogens (tertiary/aromatic N) is 1. The molecular formula is C15H23NO. The molecule has 1 atom stereocenters. The molecule has 0 saturated heterocycles. The van der Waals surface area contributed by atoms with E-state index < -0.39 is 0 Å². The summed E-state index contributed by atoms with van der Waals surface area (Å²) < 4.78 is 0. The van der Waals surface area contributed by atoms with Gasteiger partial charge in [0, 0.05) is 6.20 Å². The van der Waals surface area contributed by atoms with Crippen molar-refractivity contribution < 1.29 is 5.11 Å². The molecule has 1 saturated carbocycles. The first-order chi connectivity index (χ1) is 8.08. The van der Waals surface area contributed by atoms with Crippen LogP contribution >= 0.6 is 0 Å². The standard InChI is InChI=1S/C15H23NO/c1-10-4-6-13(7-5-10)15(17)14-12(3)8-11(2)9-16-14/h8-10,13,15,17H,4-7H2,1-3H3. The first-order valence-electron chi connectivity index (χ1n) is 6.69. The fourth-order valence-corrected chi connectivity index (χ4v) is 2.86. The Labute approximate surface area is 104 Å². The van der Waals surface area contributed by atoms with Gasteiger partial charge in [-0.3, -0.25) is 4.98 Å². The fourth-order valence-electron chi connectivity index (χ4n) is 2.86. The monoisotopic (exact) mass is 233 g/mol. The summed E-state index contributed by atoms with van der Waals surface area (Å²) in [6.07, 6.45) is 6.24. The van der Waals surface area contributed by atoms with Crippen LogP contribution in [-0.2, 0) is 0 Å². The molecule has 1 aliphatic rings. The largest absolute Gasteiger partial charge is 0.387 e. The van der Waals surface area contributed by atoms with Gasteiger partial charge in [-0.1, -0.05) is 25.8 Å². The van der Waals surface area contributed by atoms with Crippen molar-refractivity contribution in [1.82, 2.24) is 4.98 Å². The van der Waals surface area contributed by atoms with Gasteiger partial charge in [-0.25, -0.2) is 0 Å². The highest BCUT2D eigenvalue weighted by molar-refractivity contribution is 5.25. The summed E-state index contributed by atoms with van der Waals surface area (Å²) in [5.74, 6) is 1.23. The molecule has 2 rings (SSSR count). The molecule has 1 heterocycles. The van der Waals surface area contributed by atoms with Crippen LogP contribution in [0.1, 0.15) is 55.5 Å². The molecule has 1 aromatic heterocycles. The molecular weight excluding hydrogens is 210 g/mol. The average molecular weight is 233 g/mol. The average Bonchev–Trinajstić information content (AvgIpc) is 2.29. The lowest BCUT2D eigenvalue weighted by Gasteiger charge is -2.30. The van der Waals surface area contributed by atoms with Crippen LogP contribution in [0.3, 0.4) is 0 Å². The maximum Gasteiger partial charge on any atom is 0.0990 e. The first kappa shape index (κ1) is 12.6. The minimum absolute atomic E-state index is 0.372. The molecule has 0 bridgehead atoms. The number of hydrogen-bond acceptors (Lipinski definition) is 2. The van der Waals surface area contributed by atoms with Crippen LogP contribution in [0.25, 0.3) is 0 Å². The maximum absolute atomic E-state index is 10.4. The van der Waals surface area contributed by atoms with Crippen molar-refractivity contribution in [3.63, 3.8) is 0 Å². The number of aliphatic hydroxyl groups is 1. The SMILES string of the molecule is Cc1cnc(C(O)C2CCC(C)CC2)c(C)c1. The molecule has 1 fully saturated rings. The van der Waals surface area contributed by atoms with Gasteiger partial charge in [0.15, 0.2) is 0 Å². The summed E-state index contributed by atoms with van der Waals surface area (Å²) in [6.45, 7) is 6.39. The molecule has 1 N–H and O–H groups in total. The Morgan fingerprint density at radius 2 is 1.88 bits per heavy atom. The molecule has 1 aliphatic carbocycles. The van der Waals surface area contributed by atoms with Crippen molar-refractivity contribution >= 4 is 0 Å². The molecule has 1 aromatic rings. The van der Waals surface area contributed by atoms with Crippen LogP contribution in [-0.4, -0.2) is 10.1 Å². The molecule has 2 heteroatoms. The summed E-state index contributed by atoms with van der Waals surface area (Å²) in [5, 5.41) is 10.4. The van der Waals surface area contributed by atoms with Gasteiger partial charge in [-0.2, -0.15) is 0 Å². The van der Waals surface area contributed by atoms with Crippen LogP contribution in [0, 0.1) is 25.7 Å². The zero-order valence-corrected chi connectivity index (χ0v) is 11.1. The normalized spacial score (nSPS) is 26.8. The molecule has 94 valence electrons. The molecule has 0 amide bonds. The van der Waals surface area contributed by atoms with Crippen molar-refractivity contribution in [2.75, 3.05) is 0 Å². The van der Waals surface area contributed by atoms with Crippen LogP contribution in [0.2, 0.25) is 0 Å². The number of aromatic nitrogens is 1. The third kappa shape index (κ3) is 2.86. The van der Waals surface area contributed by atoms with Gasteiger partial charge in [0.05, 0.1) is 11.8 Å². The topological polar surface area (TPSA) is 33.1 Å². The second kappa shape index (κ2) is 5.18. The highest BCUT2D eigenvalue weighted by Crippen LogP contribution is 2.36. The van der Waals surface area contributed by atoms with E-state index in [0.29, 0.717) is 5.92 Å². The number of aliphatic hydroxyl groups excluding tert-OH is 1. The van der Waals surface area contributed by atoms with Gasteiger partial charge < -0.3 is 5.11 Å². The van der Waals surface area contributed by atoms with E-state index in [1.165, 1.54) is 12.8 Å². The van der Waals surface area contributed by atoms with E-state index in [2.05, 4.69) is 18.0 Å². The minimum Gasteiger partial charge on any atom is -0.387 e. The molecule has 2 nitrogen and oxygen atoms in total. The van der Waals surface area contributed by atoms with E-state index in [0.717, 1.165) is 35.6 Å². The summed E-state index contributed by atoms with van der Waals surface area (Å²) in [4.78, 5) is 4.42. The molecule has 0 radical (unpaired) electrons. The Kier molecular flexibility index (Phi) is 3.82. The third-order valence-electron chi connectivity index (χ3n) is 4.04. The van der Waals surface area contributed by atoms with Crippen molar-refractivity contribution in [3.05, 3.63) is 29.1 Å². The van der Waals surface area contributed by atoms with E-state index in [9.17, 15) is 5.11 Å². The van der Waals surface area contributed by atoms with E-state index >= 15 is 0 Å². The van der Waals surface area contributed by atoms with Gasteiger partial charge in [-0.05, 0) is 49.7 Å². The van der Waals surface area contributed by atoms with Crippen LogP contribution in [0.4, 0.5) is 0 Å². The summed E-state index contributed by atoms with van der Waals surface area (Å²) >= 11 is 0. The molecule has 0 aliphatic heterocycles. The third-order valence-corrected chi connectivity index (χ3v) is 4.04. The Balaban J connectivity index is 2.11. The number of aryl methyl sites for hydroxylation is 2. The van der Waals surface area contributed by atoms with Gasteiger partial charge in [0.25, 0.3) is 0 Å². The second-order valence-electron chi connectivity index (χ2n) is 5.68.